The van der Waals surface area contributed by atoms with E-state index in [-0.39, 0.29) is 0 Å². The molecule has 8 heteroatoms. The zero-order valence-electron chi connectivity index (χ0n) is 6.95. The zero-order chi connectivity index (χ0) is 11.6. The summed E-state index contributed by atoms with van der Waals surface area (Å²) in [6.07, 6.45) is -4.21. The molecule has 0 radical (unpaired) electrons. The first-order valence-electron chi connectivity index (χ1n) is 3.45. The second-order valence-corrected chi connectivity index (χ2v) is 2.43. The van der Waals surface area contributed by atoms with Crippen molar-refractivity contribution in [2.45, 2.75) is 6.18 Å². The Hall–Kier alpha value is -2.17. The maximum Gasteiger partial charge on any atom is 0.409 e. The number of aromatic nitrogens is 1. The van der Waals surface area contributed by atoms with Crippen LogP contribution in [-0.2, 0) is 6.18 Å². The van der Waals surface area contributed by atoms with Gasteiger partial charge in [-0.3, -0.25) is 10.1 Å². The Kier molecular flexibility index (Phi) is 2.57. The number of halogens is 3. The van der Waals surface area contributed by atoms with Crippen LogP contribution in [0.25, 0.3) is 4.85 Å². The summed E-state index contributed by atoms with van der Waals surface area (Å²) in [7, 11) is 0. The Balaban J connectivity index is 3.40. The molecule has 1 rings (SSSR count). The van der Waals surface area contributed by atoms with Crippen molar-refractivity contribution in [1.29, 1.82) is 0 Å². The third-order valence-electron chi connectivity index (χ3n) is 1.47. The first kappa shape index (κ1) is 10.9. The summed E-state index contributed by atoms with van der Waals surface area (Å²) in [5.41, 5.74) is -2.19. The number of pyridine rings is 1. The van der Waals surface area contributed by atoms with Crippen molar-refractivity contribution in [3.63, 3.8) is 0 Å². The van der Waals surface area contributed by atoms with Gasteiger partial charge in [0.05, 0.1) is 10.5 Å². The van der Waals surface area contributed by atoms with Gasteiger partial charge in [-0.1, -0.05) is 6.57 Å². The summed E-state index contributed by atoms with van der Waals surface area (Å²) in [5, 5.41) is 10.2. The minimum Gasteiger partial charge on any atom is -0.360 e. The van der Waals surface area contributed by atoms with Crippen LogP contribution in [0.15, 0.2) is 12.3 Å². The van der Waals surface area contributed by atoms with Gasteiger partial charge in [0.15, 0.2) is 6.20 Å². The molecule has 0 saturated heterocycles. The van der Waals surface area contributed by atoms with Crippen LogP contribution in [0.3, 0.4) is 0 Å². The minimum absolute atomic E-state index is 0.292. The summed E-state index contributed by atoms with van der Waals surface area (Å²) in [4.78, 5) is 14.8. The van der Waals surface area contributed by atoms with Gasteiger partial charge in [-0.05, 0) is 0 Å². The largest absolute Gasteiger partial charge is 0.409 e. The van der Waals surface area contributed by atoms with Gasteiger partial charge in [-0.2, -0.15) is 13.2 Å². The number of rotatable bonds is 1. The fourth-order valence-electron chi connectivity index (χ4n) is 0.844. The molecule has 0 aliphatic carbocycles. The van der Waals surface area contributed by atoms with E-state index in [9.17, 15) is 23.3 Å². The molecule has 0 atom stereocenters. The highest BCUT2D eigenvalue weighted by molar-refractivity contribution is 5.51. The molecular formula is C7H2F3N3O2. The zero-order valence-corrected chi connectivity index (χ0v) is 6.95. The monoisotopic (exact) mass is 217 g/mol. The summed E-state index contributed by atoms with van der Waals surface area (Å²) in [5.74, 6) is -0.895. The van der Waals surface area contributed by atoms with Crippen molar-refractivity contribution in [1.82, 2.24) is 4.98 Å². The highest BCUT2D eigenvalue weighted by atomic mass is 19.4. The van der Waals surface area contributed by atoms with Gasteiger partial charge < -0.3 is 4.85 Å². The molecule has 0 aliphatic rings. The molecule has 0 amide bonds. The predicted octanol–water partition coefficient (Wildman–Crippen LogP) is 2.56. The first-order valence-corrected chi connectivity index (χ1v) is 3.45. The number of nitrogens with zero attached hydrogens (tertiary/aromatic N) is 3. The average molecular weight is 217 g/mol. The topological polar surface area (TPSA) is 60.4 Å². The maximum atomic E-state index is 12.3. The summed E-state index contributed by atoms with van der Waals surface area (Å²) < 4.78 is 36.8. The lowest BCUT2D eigenvalue weighted by Crippen LogP contribution is -2.06. The van der Waals surface area contributed by atoms with Crippen LogP contribution in [0.5, 0.6) is 0 Å². The summed E-state index contributed by atoms with van der Waals surface area (Å²) in [6.45, 7) is 6.44. The number of alkyl halides is 3. The second kappa shape index (κ2) is 3.53. The Labute approximate surface area is 81.1 Å². The van der Waals surface area contributed by atoms with Crippen LogP contribution < -0.4 is 0 Å². The molecule has 0 unspecified atom stereocenters. The molecule has 1 aromatic rings. The standard InChI is InChI=1S/C7H2F3N3O2/c1-11-6-5(7(8,9)10)2-4(3-12-6)13(14)15/h2-3H. The summed E-state index contributed by atoms with van der Waals surface area (Å²) in [6, 6.07) is 0.292. The van der Waals surface area contributed by atoms with Crippen molar-refractivity contribution >= 4 is 11.5 Å². The lowest BCUT2D eigenvalue weighted by molar-refractivity contribution is -0.385. The van der Waals surface area contributed by atoms with E-state index >= 15 is 0 Å². The molecule has 5 nitrogen and oxygen atoms in total. The quantitative estimate of drug-likeness (QED) is 0.412. The molecular weight excluding hydrogens is 215 g/mol. The normalized spacial score (nSPS) is 10.8. The van der Waals surface area contributed by atoms with Crippen molar-refractivity contribution in [2.75, 3.05) is 0 Å². The lowest BCUT2D eigenvalue weighted by atomic mass is 10.2. The molecule has 0 saturated carbocycles. The van der Waals surface area contributed by atoms with E-state index in [4.69, 9.17) is 6.57 Å². The Bertz CT molecular complexity index is 450. The SMILES string of the molecule is [C-]#[N+]c1ncc([N+](=O)[O-])cc1C(F)(F)F. The third kappa shape index (κ3) is 2.19. The van der Waals surface area contributed by atoms with Crippen LogP contribution in [0.4, 0.5) is 24.7 Å². The fourth-order valence-corrected chi connectivity index (χ4v) is 0.844. The van der Waals surface area contributed by atoms with Gasteiger partial charge in [0, 0.05) is 6.07 Å². The van der Waals surface area contributed by atoms with Gasteiger partial charge in [-0.15, -0.1) is 4.98 Å². The van der Waals surface area contributed by atoms with Crippen LogP contribution in [-0.4, -0.2) is 9.91 Å². The van der Waals surface area contributed by atoms with E-state index in [0.717, 1.165) is 0 Å². The number of hydrogen-bond donors (Lipinski definition) is 0. The van der Waals surface area contributed by atoms with Crippen molar-refractivity contribution in [3.05, 3.63) is 39.4 Å². The lowest BCUT2D eigenvalue weighted by Gasteiger charge is -2.06. The molecule has 15 heavy (non-hydrogen) atoms. The van der Waals surface area contributed by atoms with Crippen molar-refractivity contribution in [2.24, 2.45) is 0 Å². The summed E-state index contributed by atoms with van der Waals surface area (Å²) >= 11 is 0. The highest BCUT2D eigenvalue weighted by Gasteiger charge is 2.36. The predicted molar refractivity (Wildman–Crippen MR) is 42.2 cm³/mol. The molecule has 1 heterocycles. The van der Waals surface area contributed by atoms with E-state index in [1.807, 2.05) is 0 Å². The van der Waals surface area contributed by atoms with Gasteiger partial charge in [0.25, 0.3) is 5.82 Å². The Morgan fingerprint density at radius 2 is 2.13 bits per heavy atom. The van der Waals surface area contributed by atoms with Gasteiger partial charge in [-0.25, -0.2) is 0 Å². The van der Waals surface area contributed by atoms with E-state index < -0.39 is 28.2 Å². The van der Waals surface area contributed by atoms with E-state index in [2.05, 4.69) is 9.83 Å². The van der Waals surface area contributed by atoms with Crippen molar-refractivity contribution < 1.29 is 18.1 Å². The highest BCUT2D eigenvalue weighted by Crippen LogP contribution is 2.36. The van der Waals surface area contributed by atoms with Crippen molar-refractivity contribution in [3.8, 4) is 0 Å². The minimum atomic E-state index is -4.82. The Morgan fingerprint density at radius 1 is 1.53 bits per heavy atom. The smallest absolute Gasteiger partial charge is 0.360 e. The van der Waals surface area contributed by atoms with E-state index in [0.29, 0.717) is 12.3 Å². The third-order valence-corrected chi connectivity index (χ3v) is 1.47. The van der Waals surface area contributed by atoms with Gasteiger partial charge in [0.1, 0.15) is 0 Å². The molecule has 0 spiro atoms. The van der Waals surface area contributed by atoms with Gasteiger partial charge >= 0.3 is 11.9 Å². The van der Waals surface area contributed by atoms with Crippen LogP contribution in [0, 0.1) is 16.7 Å². The first-order chi connectivity index (χ1) is 6.86. The molecule has 0 bridgehead atoms. The molecule has 1 aromatic heterocycles. The Morgan fingerprint density at radius 3 is 2.53 bits per heavy atom. The number of hydrogen-bond acceptors (Lipinski definition) is 3. The second-order valence-electron chi connectivity index (χ2n) is 2.43. The average Bonchev–Trinajstić information content (AvgIpc) is 2.15. The fraction of sp³-hybridized carbons (Fsp3) is 0.143. The maximum absolute atomic E-state index is 12.3. The van der Waals surface area contributed by atoms with E-state index in [1.54, 1.807) is 0 Å². The van der Waals surface area contributed by atoms with Crippen LogP contribution in [0.2, 0.25) is 0 Å². The van der Waals surface area contributed by atoms with Gasteiger partial charge in [0.2, 0.25) is 0 Å². The van der Waals surface area contributed by atoms with Crippen LogP contribution >= 0.6 is 0 Å². The molecule has 0 aromatic carbocycles. The molecule has 0 aliphatic heterocycles. The van der Waals surface area contributed by atoms with E-state index in [1.165, 1.54) is 0 Å². The van der Waals surface area contributed by atoms with Crippen LogP contribution in [0.1, 0.15) is 5.56 Å². The molecule has 78 valence electrons. The molecule has 0 N–H and O–H groups in total. The number of nitro groups is 1. The molecule has 0 fully saturated rings.